The van der Waals surface area contributed by atoms with Crippen molar-refractivity contribution in [2.45, 2.75) is 0 Å². The van der Waals surface area contributed by atoms with Crippen molar-refractivity contribution < 1.29 is 9.90 Å². The summed E-state index contributed by atoms with van der Waals surface area (Å²) in [5.74, 6) is -0.297. The Morgan fingerprint density at radius 1 is 1.62 bits per heavy atom. The Morgan fingerprint density at radius 2 is 2.46 bits per heavy atom. The highest BCUT2D eigenvalue weighted by Gasteiger charge is 2.09. The van der Waals surface area contributed by atoms with Crippen molar-refractivity contribution in [2.75, 3.05) is 12.0 Å². The number of carboxylic acid groups (broad SMARTS) is 1. The van der Waals surface area contributed by atoms with E-state index in [4.69, 9.17) is 5.11 Å². The fourth-order valence-electron chi connectivity index (χ4n) is 1.11. The summed E-state index contributed by atoms with van der Waals surface area (Å²) >= 11 is 0. The highest BCUT2D eigenvalue weighted by molar-refractivity contribution is 5.93. The second-order valence-corrected chi connectivity index (χ2v) is 2.61. The van der Waals surface area contributed by atoms with Crippen molar-refractivity contribution in [3.8, 4) is 0 Å². The second kappa shape index (κ2) is 2.85. The van der Waals surface area contributed by atoms with Crippen molar-refractivity contribution in [1.82, 2.24) is 4.98 Å². The van der Waals surface area contributed by atoms with Crippen LogP contribution in [0.2, 0.25) is 0 Å². The average Bonchev–Trinajstić information content (AvgIpc) is 2.17. The lowest BCUT2D eigenvalue weighted by atomic mass is 10.2. The van der Waals surface area contributed by atoms with E-state index in [0.717, 1.165) is 0 Å². The quantitative estimate of drug-likeness (QED) is 0.658. The number of anilines is 1. The molecule has 1 aromatic heterocycles. The summed E-state index contributed by atoms with van der Waals surface area (Å²) in [5, 5.41) is 11.6. The highest BCUT2D eigenvalue weighted by atomic mass is 16.4. The molecule has 0 saturated carbocycles. The van der Waals surface area contributed by atoms with Gasteiger partial charge in [0.25, 0.3) is 0 Å². The number of pyridine rings is 1. The molecule has 66 valence electrons. The number of hydrogen-bond acceptors (Lipinski definition) is 4. The van der Waals surface area contributed by atoms with E-state index in [0.29, 0.717) is 18.1 Å². The van der Waals surface area contributed by atoms with Gasteiger partial charge >= 0.3 is 5.97 Å². The first-order valence-electron chi connectivity index (χ1n) is 3.74. The number of nitrogens with one attached hydrogen (secondary N) is 1. The van der Waals surface area contributed by atoms with Crippen molar-refractivity contribution in [2.24, 2.45) is 4.99 Å². The zero-order chi connectivity index (χ0) is 9.26. The summed E-state index contributed by atoms with van der Waals surface area (Å²) in [6.07, 6.45) is 2.94. The third kappa shape index (κ3) is 1.35. The van der Waals surface area contributed by atoms with Crippen molar-refractivity contribution in [1.29, 1.82) is 0 Å². The maximum absolute atomic E-state index is 10.6. The smallest absolute Gasteiger partial charge is 0.337 e. The van der Waals surface area contributed by atoms with Crippen LogP contribution in [0.5, 0.6) is 0 Å². The fraction of sp³-hybridized carbons (Fsp3) is 0.125. The fourth-order valence-corrected chi connectivity index (χ4v) is 1.11. The average molecular weight is 177 g/mol. The first kappa shape index (κ1) is 7.72. The van der Waals surface area contributed by atoms with E-state index in [2.05, 4.69) is 15.3 Å². The van der Waals surface area contributed by atoms with Crippen molar-refractivity contribution in [3.63, 3.8) is 0 Å². The summed E-state index contributed by atoms with van der Waals surface area (Å²) in [4.78, 5) is 18.5. The Hall–Kier alpha value is -1.91. The van der Waals surface area contributed by atoms with Crippen LogP contribution >= 0.6 is 0 Å². The maximum atomic E-state index is 10.6. The van der Waals surface area contributed by atoms with Crippen molar-refractivity contribution in [3.05, 3.63) is 23.4 Å². The standard InChI is InChI=1S/C8H7N3O2/c12-8(13)6-1-5-2-9-4-11-7(5)10-3-6/h1-3H,4H2,(H,10,11)(H,12,13). The minimum Gasteiger partial charge on any atom is -0.478 e. The van der Waals surface area contributed by atoms with Gasteiger partial charge in [-0.25, -0.2) is 9.78 Å². The Balaban J connectivity index is 2.48. The third-order valence-corrected chi connectivity index (χ3v) is 1.73. The first-order chi connectivity index (χ1) is 6.27. The monoisotopic (exact) mass is 177 g/mol. The summed E-state index contributed by atoms with van der Waals surface area (Å²) in [5.41, 5.74) is 0.889. The largest absolute Gasteiger partial charge is 0.478 e. The molecule has 0 bridgehead atoms. The van der Waals surface area contributed by atoms with Crippen LogP contribution < -0.4 is 5.32 Å². The molecule has 1 aliphatic heterocycles. The number of fused-ring (bicyclic) bond motifs is 1. The lowest BCUT2D eigenvalue weighted by Crippen LogP contribution is -2.11. The molecule has 2 N–H and O–H groups in total. The van der Waals surface area contributed by atoms with Crippen molar-refractivity contribution >= 4 is 18.0 Å². The Labute approximate surface area is 74.1 Å². The number of rotatable bonds is 1. The molecule has 0 aliphatic carbocycles. The zero-order valence-electron chi connectivity index (χ0n) is 6.69. The van der Waals surface area contributed by atoms with Crippen LogP contribution in [0.4, 0.5) is 5.82 Å². The van der Waals surface area contributed by atoms with Gasteiger partial charge in [-0.15, -0.1) is 0 Å². The summed E-state index contributed by atoms with van der Waals surface area (Å²) < 4.78 is 0. The molecular weight excluding hydrogens is 170 g/mol. The van der Waals surface area contributed by atoms with E-state index in [1.54, 1.807) is 12.3 Å². The molecule has 2 heterocycles. The summed E-state index contributed by atoms with van der Waals surface area (Å²) in [6, 6.07) is 1.54. The third-order valence-electron chi connectivity index (χ3n) is 1.73. The van der Waals surface area contributed by atoms with Gasteiger partial charge in [0, 0.05) is 18.0 Å². The second-order valence-electron chi connectivity index (χ2n) is 2.61. The minimum atomic E-state index is -0.978. The van der Waals surface area contributed by atoms with Gasteiger partial charge in [0.1, 0.15) is 12.5 Å². The lowest BCUT2D eigenvalue weighted by molar-refractivity contribution is 0.0696. The van der Waals surface area contributed by atoms with Gasteiger partial charge in [-0.05, 0) is 6.07 Å². The van der Waals surface area contributed by atoms with Gasteiger partial charge in [0.05, 0.1) is 5.56 Å². The molecule has 1 aromatic rings. The summed E-state index contributed by atoms with van der Waals surface area (Å²) in [6.45, 7) is 0.492. The van der Waals surface area contributed by atoms with Crippen LogP contribution in [-0.2, 0) is 0 Å². The number of nitrogens with zero attached hydrogens (tertiary/aromatic N) is 2. The molecule has 0 radical (unpaired) electrons. The van der Waals surface area contributed by atoms with Gasteiger partial charge in [-0.3, -0.25) is 4.99 Å². The van der Waals surface area contributed by atoms with E-state index in [1.165, 1.54) is 6.20 Å². The van der Waals surface area contributed by atoms with Crippen LogP contribution in [0.1, 0.15) is 15.9 Å². The molecule has 0 unspecified atom stereocenters. The van der Waals surface area contributed by atoms with E-state index >= 15 is 0 Å². The molecule has 0 aromatic carbocycles. The van der Waals surface area contributed by atoms with Crippen LogP contribution in [0.25, 0.3) is 0 Å². The van der Waals surface area contributed by atoms with E-state index < -0.39 is 5.97 Å². The van der Waals surface area contributed by atoms with Crippen LogP contribution in [0.3, 0.4) is 0 Å². The van der Waals surface area contributed by atoms with Crippen LogP contribution in [-0.4, -0.2) is 28.9 Å². The molecule has 1 aliphatic rings. The molecule has 0 saturated heterocycles. The molecule has 13 heavy (non-hydrogen) atoms. The SMILES string of the molecule is O=C(O)c1cnc2c(c1)C=NCN2. The highest BCUT2D eigenvalue weighted by Crippen LogP contribution is 2.14. The number of carbonyl (C=O) groups is 1. The van der Waals surface area contributed by atoms with E-state index in [9.17, 15) is 4.79 Å². The normalized spacial score (nSPS) is 13.2. The molecule has 0 fully saturated rings. The molecular formula is C8H7N3O2. The Bertz CT molecular complexity index is 387. The Kier molecular flexibility index (Phi) is 1.70. The minimum absolute atomic E-state index is 0.175. The number of aromatic nitrogens is 1. The van der Waals surface area contributed by atoms with Gasteiger partial charge < -0.3 is 10.4 Å². The Morgan fingerprint density at radius 3 is 3.23 bits per heavy atom. The number of aromatic carboxylic acids is 1. The van der Waals surface area contributed by atoms with Gasteiger partial charge in [0.15, 0.2) is 0 Å². The van der Waals surface area contributed by atoms with Gasteiger partial charge in [0.2, 0.25) is 0 Å². The van der Waals surface area contributed by atoms with Gasteiger partial charge in [-0.2, -0.15) is 0 Å². The van der Waals surface area contributed by atoms with Crippen LogP contribution in [0, 0.1) is 0 Å². The van der Waals surface area contributed by atoms with E-state index in [1.807, 2.05) is 0 Å². The number of aliphatic imine (C=N–C) groups is 1. The summed E-state index contributed by atoms with van der Waals surface area (Å²) in [7, 11) is 0. The first-order valence-corrected chi connectivity index (χ1v) is 3.74. The molecule has 2 rings (SSSR count). The molecule has 5 heteroatoms. The topological polar surface area (TPSA) is 74.6 Å². The zero-order valence-corrected chi connectivity index (χ0v) is 6.69. The van der Waals surface area contributed by atoms with Gasteiger partial charge in [-0.1, -0.05) is 0 Å². The number of hydrogen-bond donors (Lipinski definition) is 2. The van der Waals surface area contributed by atoms with Crippen LogP contribution in [0.15, 0.2) is 17.3 Å². The van der Waals surface area contributed by atoms with E-state index in [-0.39, 0.29) is 5.56 Å². The molecule has 0 atom stereocenters. The number of carboxylic acids is 1. The molecule has 0 amide bonds. The maximum Gasteiger partial charge on any atom is 0.337 e. The molecule has 0 spiro atoms. The predicted molar refractivity (Wildman–Crippen MR) is 47.3 cm³/mol. The lowest BCUT2D eigenvalue weighted by Gasteiger charge is -2.10. The predicted octanol–water partition coefficient (Wildman–Crippen LogP) is 0.582. The molecule has 5 nitrogen and oxygen atoms in total.